The van der Waals surface area contributed by atoms with Gasteiger partial charge >= 0.3 is 6.03 Å². The van der Waals surface area contributed by atoms with Gasteiger partial charge < -0.3 is 15.5 Å². The highest BCUT2D eigenvalue weighted by Gasteiger charge is 2.27. The van der Waals surface area contributed by atoms with E-state index in [1.54, 1.807) is 6.20 Å². The van der Waals surface area contributed by atoms with Gasteiger partial charge in [-0.2, -0.15) is 5.10 Å². The van der Waals surface area contributed by atoms with Gasteiger partial charge in [0.05, 0.1) is 0 Å². The number of hydrogen-bond acceptors (Lipinski definition) is 4. The van der Waals surface area contributed by atoms with Crippen LogP contribution in [-0.4, -0.2) is 41.4 Å². The van der Waals surface area contributed by atoms with E-state index in [0.717, 1.165) is 55.2 Å². The Bertz CT molecular complexity index is 722. The van der Waals surface area contributed by atoms with E-state index in [-0.39, 0.29) is 6.03 Å². The van der Waals surface area contributed by atoms with Crippen molar-refractivity contribution in [3.63, 3.8) is 0 Å². The Morgan fingerprint density at radius 3 is 2.07 bits per heavy atom. The van der Waals surface area contributed by atoms with Gasteiger partial charge in [-0.05, 0) is 69.2 Å². The van der Waals surface area contributed by atoms with Crippen molar-refractivity contribution in [2.24, 2.45) is 0 Å². The molecule has 3 aliphatic rings. The molecule has 7 heteroatoms. The first-order valence-corrected chi connectivity index (χ1v) is 10.8. The number of aryl methyl sites for hydroxylation is 1. The Morgan fingerprint density at radius 1 is 1.00 bits per heavy atom. The summed E-state index contributed by atoms with van der Waals surface area (Å²) in [5.74, 6) is 1.02. The number of anilines is 1. The zero-order valence-corrected chi connectivity index (χ0v) is 17.7. The van der Waals surface area contributed by atoms with E-state index in [0.29, 0.717) is 12.1 Å². The second kappa shape index (κ2) is 11.0. The van der Waals surface area contributed by atoms with Crippen LogP contribution < -0.4 is 15.5 Å². The van der Waals surface area contributed by atoms with Crippen LogP contribution in [0.15, 0.2) is 42.6 Å². The van der Waals surface area contributed by atoms with Gasteiger partial charge in [0.2, 0.25) is 0 Å². The Hall–Kier alpha value is -2.34. The number of nitrogens with zero attached hydrogens (tertiary/aromatic N) is 3. The molecule has 5 rings (SSSR count). The van der Waals surface area contributed by atoms with Crippen LogP contribution in [0.1, 0.15) is 44.1 Å². The standard InChI is InChI=1S/C8H11N3.C7H7Cl.C7H12N2O/c1-2-7-11(6-1)8-4-3-5-9-10-8;1-6-4-2-3-5-7(6)8;10-7(8-5-1-2-5)9-6-3-4-6/h3-5H,1-2,6-7H2;2-5H,1H3;5-6H,1-4H2,(H2,8,9,10). The molecule has 0 atom stereocenters. The second-order valence-corrected chi connectivity index (χ2v) is 8.10. The molecule has 0 unspecified atom stereocenters. The third kappa shape index (κ3) is 8.28. The highest BCUT2D eigenvalue weighted by molar-refractivity contribution is 6.31. The summed E-state index contributed by atoms with van der Waals surface area (Å²) in [6.07, 6.45) is 8.94. The summed E-state index contributed by atoms with van der Waals surface area (Å²) < 4.78 is 0. The molecule has 2 N–H and O–H groups in total. The molecular formula is C22H30ClN5O. The van der Waals surface area contributed by atoms with Crippen molar-refractivity contribution >= 4 is 23.4 Å². The fraction of sp³-hybridized carbons (Fsp3) is 0.500. The Morgan fingerprint density at radius 2 is 1.62 bits per heavy atom. The van der Waals surface area contributed by atoms with Crippen molar-refractivity contribution in [1.29, 1.82) is 0 Å². The number of benzene rings is 1. The summed E-state index contributed by atoms with van der Waals surface area (Å²) in [6.45, 7) is 4.26. The molecule has 2 saturated carbocycles. The summed E-state index contributed by atoms with van der Waals surface area (Å²) in [6, 6.07) is 12.7. The van der Waals surface area contributed by atoms with E-state index in [1.165, 1.54) is 12.8 Å². The van der Waals surface area contributed by atoms with Gasteiger partial charge in [0.25, 0.3) is 0 Å². The van der Waals surface area contributed by atoms with Crippen molar-refractivity contribution in [1.82, 2.24) is 20.8 Å². The molecule has 0 bridgehead atoms. The molecule has 29 heavy (non-hydrogen) atoms. The number of urea groups is 1. The molecule has 1 aromatic heterocycles. The zero-order valence-electron chi connectivity index (χ0n) is 17.0. The van der Waals surface area contributed by atoms with E-state index in [9.17, 15) is 4.79 Å². The second-order valence-electron chi connectivity index (χ2n) is 7.69. The summed E-state index contributed by atoms with van der Waals surface area (Å²) in [5.41, 5.74) is 1.13. The van der Waals surface area contributed by atoms with Gasteiger partial charge in [-0.3, -0.25) is 0 Å². The maximum Gasteiger partial charge on any atom is 0.315 e. The molecular weight excluding hydrogens is 386 g/mol. The fourth-order valence-corrected chi connectivity index (χ4v) is 2.96. The summed E-state index contributed by atoms with van der Waals surface area (Å²) in [4.78, 5) is 13.2. The molecule has 1 aliphatic heterocycles. The SMILES string of the molecule is Cc1ccccc1Cl.O=C(NC1CC1)NC1CC1.c1cnnc(N2CCCC2)c1. The van der Waals surface area contributed by atoms with Gasteiger partial charge in [-0.15, -0.1) is 5.10 Å². The average Bonchev–Trinajstić information content (AvgIpc) is 3.66. The van der Waals surface area contributed by atoms with Crippen LogP contribution >= 0.6 is 11.6 Å². The molecule has 0 radical (unpaired) electrons. The molecule has 1 saturated heterocycles. The van der Waals surface area contributed by atoms with Crippen LogP contribution in [0, 0.1) is 6.92 Å². The third-order valence-electron chi connectivity index (χ3n) is 4.89. The molecule has 2 aliphatic carbocycles. The van der Waals surface area contributed by atoms with Crippen molar-refractivity contribution in [3.8, 4) is 0 Å². The number of amides is 2. The molecule has 1 aromatic carbocycles. The minimum Gasteiger partial charge on any atom is -0.355 e. The smallest absolute Gasteiger partial charge is 0.315 e. The maximum absolute atomic E-state index is 10.9. The number of aromatic nitrogens is 2. The van der Waals surface area contributed by atoms with Gasteiger partial charge in [0, 0.05) is 36.4 Å². The monoisotopic (exact) mass is 415 g/mol. The van der Waals surface area contributed by atoms with E-state index in [4.69, 9.17) is 11.6 Å². The van der Waals surface area contributed by atoms with E-state index in [1.807, 2.05) is 43.3 Å². The highest BCUT2D eigenvalue weighted by atomic mass is 35.5. The first kappa shape index (κ1) is 21.4. The van der Waals surface area contributed by atoms with Crippen LogP contribution in [0.2, 0.25) is 5.02 Å². The maximum atomic E-state index is 10.9. The van der Waals surface area contributed by atoms with Gasteiger partial charge in [0.15, 0.2) is 5.82 Å². The lowest BCUT2D eigenvalue weighted by Crippen LogP contribution is -2.37. The normalized spacial score (nSPS) is 17.4. The lowest BCUT2D eigenvalue weighted by atomic mass is 10.2. The number of hydrogen-bond donors (Lipinski definition) is 2. The summed E-state index contributed by atoms with van der Waals surface area (Å²) in [7, 11) is 0. The van der Waals surface area contributed by atoms with Crippen molar-refractivity contribution in [2.45, 2.75) is 57.5 Å². The molecule has 2 heterocycles. The predicted molar refractivity (Wildman–Crippen MR) is 117 cm³/mol. The average molecular weight is 416 g/mol. The molecule has 6 nitrogen and oxygen atoms in total. The van der Waals surface area contributed by atoms with Gasteiger partial charge in [-0.1, -0.05) is 29.8 Å². The predicted octanol–water partition coefficient (Wildman–Crippen LogP) is 4.34. The number of carbonyl (C=O) groups is 1. The lowest BCUT2D eigenvalue weighted by molar-refractivity contribution is 0.240. The van der Waals surface area contributed by atoms with Crippen LogP contribution in [0.5, 0.6) is 0 Å². The minimum atomic E-state index is 0.0324. The number of rotatable bonds is 3. The van der Waals surface area contributed by atoms with Gasteiger partial charge in [0.1, 0.15) is 0 Å². The Labute approximate surface area is 178 Å². The quantitative estimate of drug-likeness (QED) is 0.782. The van der Waals surface area contributed by atoms with Crippen LogP contribution in [-0.2, 0) is 0 Å². The van der Waals surface area contributed by atoms with E-state index in [2.05, 4.69) is 25.7 Å². The first-order chi connectivity index (χ1) is 14.1. The number of carbonyl (C=O) groups excluding carboxylic acids is 1. The molecule has 2 aromatic rings. The zero-order chi connectivity index (χ0) is 20.5. The van der Waals surface area contributed by atoms with E-state index >= 15 is 0 Å². The van der Waals surface area contributed by atoms with E-state index < -0.39 is 0 Å². The molecule has 0 spiro atoms. The minimum absolute atomic E-state index is 0.0324. The van der Waals surface area contributed by atoms with Gasteiger partial charge in [-0.25, -0.2) is 4.79 Å². The topological polar surface area (TPSA) is 70.1 Å². The van der Waals surface area contributed by atoms with Crippen molar-refractivity contribution in [2.75, 3.05) is 18.0 Å². The number of halogens is 1. The lowest BCUT2D eigenvalue weighted by Gasteiger charge is -2.14. The fourth-order valence-electron chi connectivity index (χ4n) is 2.83. The van der Waals surface area contributed by atoms with Crippen molar-refractivity contribution < 1.29 is 4.79 Å². The third-order valence-corrected chi connectivity index (χ3v) is 5.31. The van der Waals surface area contributed by atoms with Crippen LogP contribution in [0.3, 0.4) is 0 Å². The molecule has 2 amide bonds. The molecule has 156 valence electrons. The van der Waals surface area contributed by atoms with Crippen LogP contribution in [0.25, 0.3) is 0 Å². The first-order valence-electron chi connectivity index (χ1n) is 10.4. The Kier molecular flexibility index (Phi) is 8.11. The highest BCUT2D eigenvalue weighted by Crippen LogP contribution is 2.20. The largest absolute Gasteiger partial charge is 0.355 e. The molecule has 3 fully saturated rings. The summed E-state index contributed by atoms with van der Waals surface area (Å²) >= 11 is 5.71. The summed E-state index contributed by atoms with van der Waals surface area (Å²) in [5, 5.41) is 14.5. The Balaban J connectivity index is 0.000000126. The number of nitrogens with one attached hydrogen (secondary N) is 2. The van der Waals surface area contributed by atoms with Crippen LogP contribution in [0.4, 0.5) is 10.6 Å². The van der Waals surface area contributed by atoms with Crippen molar-refractivity contribution in [3.05, 3.63) is 53.2 Å².